The maximum absolute atomic E-state index is 14.0. The highest BCUT2D eigenvalue weighted by atomic mass is 35.5. The highest BCUT2D eigenvalue weighted by Crippen LogP contribution is 2.26. The van der Waals surface area contributed by atoms with Crippen molar-refractivity contribution < 1.29 is 18.8 Å². The van der Waals surface area contributed by atoms with Crippen LogP contribution in [-0.2, 0) is 4.79 Å². The van der Waals surface area contributed by atoms with Gasteiger partial charge in [0.05, 0.1) is 10.9 Å². The summed E-state index contributed by atoms with van der Waals surface area (Å²) in [6.07, 6.45) is 6.63. The molecule has 0 bridgehead atoms. The van der Waals surface area contributed by atoms with Crippen LogP contribution >= 0.6 is 11.6 Å². The van der Waals surface area contributed by atoms with Gasteiger partial charge in [-0.15, -0.1) is 0 Å². The molecule has 1 saturated heterocycles. The van der Waals surface area contributed by atoms with Crippen LogP contribution in [0.25, 0.3) is 11.0 Å². The molecule has 3 amide bonds. The standard InChI is InChI=1S/C36H43ClN6O5/c1-40(2)16-15-38-34(45)27-7-5-6-8-30(27)42-17-19-43(20-18-42)36(47)29(21-24-9-11-25(37)12-10-24)39-35(46)33-23-31(44)28-22-26(41(3)4)13-14-32(28)48-33/h5-9,11-14,22-24,29H,10,15-21H2,1-4H3,(H,38,45)(H,39,46)/t24?,29-/m1/s1. The lowest BCUT2D eigenvalue weighted by Gasteiger charge is -2.38. The SMILES string of the molecule is CN(C)CCNC(=O)c1ccccc1N1CCN(C(=O)[C@@H](CC2C=CC(Cl)=CC2)NC(=O)c2cc(=O)c3cc(N(C)C)ccc3o2)CC1. The van der Waals surface area contributed by atoms with Crippen molar-refractivity contribution in [2.45, 2.75) is 18.9 Å². The van der Waals surface area contributed by atoms with Gasteiger partial charge in [0.25, 0.3) is 11.8 Å². The lowest BCUT2D eigenvalue weighted by atomic mass is 9.92. The Hall–Kier alpha value is -4.61. The van der Waals surface area contributed by atoms with E-state index in [-0.39, 0.29) is 28.9 Å². The minimum absolute atomic E-state index is 0.0195. The van der Waals surface area contributed by atoms with Gasteiger partial charge in [0.1, 0.15) is 11.6 Å². The third-order valence-corrected chi connectivity index (χ3v) is 8.94. The van der Waals surface area contributed by atoms with E-state index in [1.807, 2.05) is 80.5 Å². The predicted octanol–water partition coefficient (Wildman–Crippen LogP) is 3.69. The summed E-state index contributed by atoms with van der Waals surface area (Å²) >= 11 is 6.14. The second kappa shape index (κ2) is 15.5. The summed E-state index contributed by atoms with van der Waals surface area (Å²) in [6, 6.07) is 13.0. The number of hydrogen-bond acceptors (Lipinski definition) is 8. The molecule has 254 valence electrons. The van der Waals surface area contributed by atoms with Crippen LogP contribution in [-0.4, -0.2) is 101 Å². The molecule has 11 nitrogen and oxygen atoms in total. The number of anilines is 2. The fraction of sp³-hybridized carbons (Fsp3) is 0.389. The van der Waals surface area contributed by atoms with Crippen LogP contribution in [0.15, 0.2) is 81.0 Å². The number of allylic oxidation sites excluding steroid dienone is 4. The number of nitrogens with zero attached hydrogens (tertiary/aromatic N) is 4. The van der Waals surface area contributed by atoms with Crippen molar-refractivity contribution in [2.24, 2.45) is 5.92 Å². The Labute approximate surface area is 285 Å². The van der Waals surface area contributed by atoms with Crippen LogP contribution in [0.2, 0.25) is 0 Å². The normalized spacial score (nSPS) is 16.9. The summed E-state index contributed by atoms with van der Waals surface area (Å²) in [5.41, 5.74) is 2.19. The van der Waals surface area contributed by atoms with Crippen molar-refractivity contribution in [1.29, 1.82) is 0 Å². The van der Waals surface area contributed by atoms with Crippen molar-refractivity contribution in [3.05, 3.63) is 93.3 Å². The number of amides is 3. The molecule has 1 aliphatic carbocycles. The van der Waals surface area contributed by atoms with Gasteiger partial charge in [-0.05, 0) is 69.3 Å². The molecule has 12 heteroatoms. The smallest absolute Gasteiger partial charge is 0.287 e. The molecule has 5 rings (SSSR count). The Morgan fingerprint density at radius 2 is 1.75 bits per heavy atom. The Morgan fingerprint density at radius 1 is 1.00 bits per heavy atom. The van der Waals surface area contributed by atoms with Crippen LogP contribution in [0.4, 0.5) is 11.4 Å². The van der Waals surface area contributed by atoms with E-state index in [1.165, 1.54) is 6.07 Å². The predicted molar refractivity (Wildman–Crippen MR) is 190 cm³/mol. The first-order valence-corrected chi connectivity index (χ1v) is 16.5. The highest BCUT2D eigenvalue weighted by molar-refractivity contribution is 6.31. The number of likely N-dealkylation sites (N-methyl/N-ethyl adjacent to an activating group) is 1. The molecule has 2 heterocycles. The summed E-state index contributed by atoms with van der Waals surface area (Å²) in [4.78, 5) is 61.3. The number of piperazine rings is 1. The minimum Gasteiger partial charge on any atom is -0.451 e. The Morgan fingerprint density at radius 3 is 2.44 bits per heavy atom. The van der Waals surface area contributed by atoms with Crippen LogP contribution in [0.1, 0.15) is 33.8 Å². The number of rotatable bonds is 11. The van der Waals surface area contributed by atoms with Crippen LogP contribution < -0.4 is 25.9 Å². The lowest BCUT2D eigenvalue weighted by Crippen LogP contribution is -2.55. The van der Waals surface area contributed by atoms with E-state index >= 15 is 0 Å². The van der Waals surface area contributed by atoms with Gasteiger partial charge in [-0.3, -0.25) is 19.2 Å². The van der Waals surface area contributed by atoms with Crippen molar-refractivity contribution in [3.8, 4) is 0 Å². The second-order valence-corrected chi connectivity index (χ2v) is 13.1. The largest absolute Gasteiger partial charge is 0.451 e. The molecule has 0 radical (unpaired) electrons. The minimum atomic E-state index is -0.865. The number of nitrogens with one attached hydrogen (secondary N) is 2. The number of para-hydroxylation sites is 1. The van der Waals surface area contributed by atoms with Gasteiger partial charge in [0.2, 0.25) is 5.91 Å². The van der Waals surface area contributed by atoms with E-state index in [9.17, 15) is 19.2 Å². The molecule has 2 aliphatic rings. The van der Waals surface area contributed by atoms with Gasteiger partial charge < -0.3 is 34.7 Å². The molecular weight excluding hydrogens is 632 g/mol. The first-order valence-electron chi connectivity index (χ1n) is 16.2. The topological polar surface area (TPSA) is 118 Å². The number of benzene rings is 2. The fourth-order valence-corrected chi connectivity index (χ4v) is 6.08. The summed E-state index contributed by atoms with van der Waals surface area (Å²) in [5.74, 6) is -1.16. The third-order valence-electron chi connectivity index (χ3n) is 8.66. The van der Waals surface area contributed by atoms with Crippen LogP contribution in [0.3, 0.4) is 0 Å². The number of halogens is 1. The third kappa shape index (κ3) is 8.45. The van der Waals surface area contributed by atoms with Crippen molar-refractivity contribution in [1.82, 2.24) is 20.4 Å². The number of hydrogen-bond donors (Lipinski definition) is 2. The molecule has 0 saturated carbocycles. The van der Waals surface area contributed by atoms with E-state index in [0.29, 0.717) is 67.1 Å². The lowest BCUT2D eigenvalue weighted by molar-refractivity contribution is -0.133. The maximum Gasteiger partial charge on any atom is 0.287 e. The van der Waals surface area contributed by atoms with Crippen molar-refractivity contribution >= 4 is 51.7 Å². The van der Waals surface area contributed by atoms with Crippen molar-refractivity contribution in [3.63, 3.8) is 0 Å². The zero-order chi connectivity index (χ0) is 34.4. The summed E-state index contributed by atoms with van der Waals surface area (Å²) < 4.78 is 5.86. The van der Waals surface area contributed by atoms with Gasteiger partial charge >= 0.3 is 0 Å². The maximum atomic E-state index is 14.0. The zero-order valence-corrected chi connectivity index (χ0v) is 28.6. The average molecular weight is 675 g/mol. The molecule has 48 heavy (non-hydrogen) atoms. The van der Waals surface area contributed by atoms with Gasteiger partial charge in [-0.2, -0.15) is 0 Å². The molecule has 2 N–H and O–H groups in total. The van der Waals surface area contributed by atoms with Gasteiger partial charge in [-0.1, -0.05) is 35.9 Å². The quantitative estimate of drug-likeness (QED) is 0.316. The van der Waals surface area contributed by atoms with Crippen LogP contribution in [0, 0.1) is 5.92 Å². The first kappa shape index (κ1) is 34.7. The summed E-state index contributed by atoms with van der Waals surface area (Å²) in [6.45, 7) is 3.13. The van der Waals surface area contributed by atoms with E-state index in [1.54, 1.807) is 23.1 Å². The molecule has 0 spiro atoms. The first-order chi connectivity index (χ1) is 23.0. The molecular formula is C36H43ClN6O5. The van der Waals surface area contributed by atoms with Crippen LogP contribution in [0.5, 0.6) is 0 Å². The molecule has 3 aromatic rings. The monoisotopic (exact) mass is 674 g/mol. The van der Waals surface area contributed by atoms with Gasteiger partial charge in [0, 0.05) is 75.8 Å². The second-order valence-electron chi connectivity index (χ2n) is 12.6. The van der Waals surface area contributed by atoms with Crippen molar-refractivity contribution in [2.75, 3.05) is 77.3 Å². The average Bonchev–Trinajstić information content (AvgIpc) is 3.08. The molecule has 2 atom stereocenters. The molecule has 1 aliphatic heterocycles. The summed E-state index contributed by atoms with van der Waals surface area (Å²) in [5, 5.41) is 6.87. The summed E-state index contributed by atoms with van der Waals surface area (Å²) in [7, 11) is 7.66. The van der Waals surface area contributed by atoms with Gasteiger partial charge in [-0.25, -0.2) is 0 Å². The number of carbonyl (C=O) groups excluding carboxylic acids is 3. The van der Waals surface area contributed by atoms with E-state index in [0.717, 1.165) is 17.9 Å². The highest BCUT2D eigenvalue weighted by Gasteiger charge is 2.32. The Balaban J connectivity index is 1.30. The Bertz CT molecular complexity index is 1780. The Kier molecular flexibility index (Phi) is 11.2. The fourth-order valence-electron chi connectivity index (χ4n) is 5.92. The number of fused-ring (bicyclic) bond motifs is 1. The van der Waals surface area contributed by atoms with E-state index < -0.39 is 11.9 Å². The molecule has 1 unspecified atom stereocenters. The van der Waals surface area contributed by atoms with E-state index in [4.69, 9.17) is 16.0 Å². The molecule has 1 fully saturated rings. The van der Waals surface area contributed by atoms with Gasteiger partial charge in [0.15, 0.2) is 11.2 Å². The zero-order valence-electron chi connectivity index (χ0n) is 27.9. The van der Waals surface area contributed by atoms with E-state index in [2.05, 4.69) is 15.5 Å². The molecule has 1 aromatic heterocycles. The molecule has 2 aromatic carbocycles. The number of carbonyl (C=O) groups is 3.